The fraction of sp³-hybridized carbons (Fsp3) is 0.636. The summed E-state index contributed by atoms with van der Waals surface area (Å²) < 4.78 is 2.10. The normalized spacial score (nSPS) is 25.3. The minimum atomic E-state index is 0.219. The lowest BCUT2D eigenvalue weighted by Gasteiger charge is -2.46. The van der Waals surface area contributed by atoms with E-state index in [9.17, 15) is 4.79 Å². The van der Waals surface area contributed by atoms with Gasteiger partial charge in [-0.3, -0.25) is 19.7 Å². The molecule has 2 saturated heterocycles. The van der Waals surface area contributed by atoms with Gasteiger partial charge in [0.1, 0.15) is 0 Å². The molecule has 156 valence electrons. The van der Waals surface area contributed by atoms with Gasteiger partial charge in [0.05, 0.1) is 0 Å². The van der Waals surface area contributed by atoms with Crippen molar-refractivity contribution >= 4 is 11.8 Å². The van der Waals surface area contributed by atoms with Crippen molar-refractivity contribution in [2.24, 2.45) is 5.92 Å². The van der Waals surface area contributed by atoms with Crippen LogP contribution in [0.15, 0.2) is 29.2 Å². The van der Waals surface area contributed by atoms with Gasteiger partial charge in [0.25, 0.3) is 5.56 Å². The quantitative estimate of drug-likeness (QED) is 0.816. The summed E-state index contributed by atoms with van der Waals surface area (Å²) in [5.41, 5.74) is 3.45. The van der Waals surface area contributed by atoms with Crippen molar-refractivity contribution in [3.8, 4) is 0 Å². The number of hydrogen-bond acceptors (Lipinski definition) is 5. The largest absolute Gasteiger partial charge is 0.312 e. The van der Waals surface area contributed by atoms with Crippen LogP contribution in [0.5, 0.6) is 0 Å². The Kier molecular flexibility index (Phi) is 5.54. The molecule has 0 unspecified atom stereocenters. The Bertz CT molecular complexity index is 889. The highest BCUT2D eigenvalue weighted by atomic mass is 32.2. The Morgan fingerprint density at radius 3 is 2.83 bits per heavy atom. The van der Waals surface area contributed by atoms with Crippen LogP contribution < -0.4 is 5.56 Å². The van der Waals surface area contributed by atoms with Crippen molar-refractivity contribution in [3.63, 3.8) is 0 Å². The Morgan fingerprint density at radius 2 is 2.03 bits per heavy atom. The predicted octanol–water partition coefficient (Wildman–Crippen LogP) is 2.52. The summed E-state index contributed by atoms with van der Waals surface area (Å²) in [6.07, 6.45) is 5.68. The summed E-state index contributed by atoms with van der Waals surface area (Å²) in [5.74, 6) is 3.75. The molecule has 0 spiro atoms. The lowest BCUT2D eigenvalue weighted by molar-refractivity contribution is 0.0773. The third-order valence-electron chi connectivity index (χ3n) is 6.86. The fourth-order valence-electron chi connectivity index (χ4n) is 5.51. The van der Waals surface area contributed by atoms with Crippen molar-refractivity contribution in [2.75, 3.05) is 31.6 Å². The SMILES string of the molecule is CN(Cc1ccn[nH]1)Cc1ccc2n(c1=O)C[C@H]1C[C@@H]2CN(C2CCSCC2)C1. The number of fused-ring (bicyclic) bond motifs is 4. The van der Waals surface area contributed by atoms with E-state index in [1.165, 1.54) is 43.0 Å². The van der Waals surface area contributed by atoms with Gasteiger partial charge in [-0.1, -0.05) is 6.07 Å². The summed E-state index contributed by atoms with van der Waals surface area (Å²) in [6, 6.07) is 7.06. The van der Waals surface area contributed by atoms with Gasteiger partial charge >= 0.3 is 0 Å². The topological polar surface area (TPSA) is 57.2 Å². The number of aromatic amines is 1. The number of H-pyrrole nitrogens is 1. The predicted molar refractivity (Wildman–Crippen MR) is 117 cm³/mol. The summed E-state index contributed by atoms with van der Waals surface area (Å²) in [6.45, 7) is 4.62. The molecule has 0 radical (unpaired) electrons. The van der Waals surface area contributed by atoms with Crippen LogP contribution in [0.4, 0.5) is 0 Å². The second-order valence-electron chi connectivity index (χ2n) is 9.05. The number of rotatable bonds is 5. The van der Waals surface area contributed by atoms with E-state index in [0.29, 0.717) is 18.4 Å². The molecule has 2 aromatic heterocycles. The van der Waals surface area contributed by atoms with E-state index >= 15 is 0 Å². The lowest BCUT2D eigenvalue weighted by atomic mass is 9.82. The van der Waals surface area contributed by atoms with Crippen molar-refractivity contribution in [2.45, 2.75) is 50.9 Å². The first-order valence-corrected chi connectivity index (χ1v) is 12.0. The maximum absolute atomic E-state index is 13.3. The third-order valence-corrected chi connectivity index (χ3v) is 7.91. The average Bonchev–Trinajstić information content (AvgIpc) is 3.24. The molecule has 6 nitrogen and oxygen atoms in total. The summed E-state index contributed by atoms with van der Waals surface area (Å²) in [4.78, 5) is 18.2. The maximum Gasteiger partial charge on any atom is 0.255 e. The zero-order chi connectivity index (χ0) is 19.8. The van der Waals surface area contributed by atoms with Crippen LogP contribution in [0, 0.1) is 5.92 Å². The van der Waals surface area contributed by atoms with Gasteiger partial charge in [0.15, 0.2) is 0 Å². The number of aromatic nitrogens is 3. The van der Waals surface area contributed by atoms with E-state index < -0.39 is 0 Å². The molecule has 29 heavy (non-hydrogen) atoms. The van der Waals surface area contributed by atoms with E-state index in [0.717, 1.165) is 36.9 Å². The Hall–Kier alpha value is -1.57. The number of nitrogens with zero attached hydrogens (tertiary/aromatic N) is 4. The zero-order valence-corrected chi connectivity index (χ0v) is 18.0. The van der Waals surface area contributed by atoms with Gasteiger partial charge in [-0.2, -0.15) is 16.9 Å². The van der Waals surface area contributed by atoms with Crippen LogP contribution in [0.1, 0.15) is 42.1 Å². The first kappa shape index (κ1) is 19.4. The van der Waals surface area contributed by atoms with Crippen LogP contribution >= 0.6 is 11.8 Å². The molecule has 3 aliphatic heterocycles. The molecule has 2 aromatic rings. The minimum absolute atomic E-state index is 0.219. The summed E-state index contributed by atoms with van der Waals surface area (Å²) in [7, 11) is 2.06. The van der Waals surface area contributed by atoms with Gasteiger partial charge in [-0.05, 0) is 55.9 Å². The first-order valence-electron chi connectivity index (χ1n) is 10.9. The van der Waals surface area contributed by atoms with Crippen molar-refractivity contribution in [1.29, 1.82) is 0 Å². The molecular weight excluding hydrogens is 382 g/mol. The maximum atomic E-state index is 13.3. The third kappa shape index (κ3) is 4.05. The van der Waals surface area contributed by atoms with Gasteiger partial charge in [-0.15, -0.1) is 0 Å². The van der Waals surface area contributed by atoms with E-state index in [1.807, 2.05) is 6.07 Å². The van der Waals surface area contributed by atoms with Gasteiger partial charge in [-0.25, -0.2) is 0 Å². The van der Waals surface area contributed by atoms with Crippen LogP contribution in [0.3, 0.4) is 0 Å². The van der Waals surface area contributed by atoms with E-state index in [2.05, 4.69) is 55.5 Å². The standard InChI is InChI=1S/C22H31N5OS/c1-25(15-19-4-7-23-24-19)13-17-2-3-21-18-10-16(12-27(21)22(17)28)11-26(14-18)20-5-8-29-9-6-20/h2-4,7,16,18,20H,5-6,8-15H2,1H3,(H,23,24)/t16-,18+/m0/s1. The van der Waals surface area contributed by atoms with Gasteiger partial charge in [0, 0.05) is 67.8 Å². The zero-order valence-electron chi connectivity index (χ0n) is 17.2. The highest BCUT2D eigenvalue weighted by Gasteiger charge is 2.37. The highest BCUT2D eigenvalue weighted by molar-refractivity contribution is 7.99. The molecule has 0 aromatic carbocycles. The molecular formula is C22H31N5OS. The number of likely N-dealkylation sites (tertiary alicyclic amines) is 1. The molecule has 0 aliphatic carbocycles. The Balaban J connectivity index is 1.32. The fourth-order valence-corrected chi connectivity index (χ4v) is 6.59. The van der Waals surface area contributed by atoms with Crippen molar-refractivity contribution < 1.29 is 0 Å². The van der Waals surface area contributed by atoms with Gasteiger partial charge in [0.2, 0.25) is 0 Å². The number of thioether (sulfide) groups is 1. The van der Waals surface area contributed by atoms with Crippen LogP contribution in [-0.4, -0.2) is 62.2 Å². The second-order valence-corrected chi connectivity index (χ2v) is 10.3. The summed E-state index contributed by atoms with van der Waals surface area (Å²) in [5, 5.41) is 7.00. The smallest absolute Gasteiger partial charge is 0.255 e. The summed E-state index contributed by atoms with van der Waals surface area (Å²) >= 11 is 2.10. The number of pyridine rings is 1. The number of piperidine rings is 1. The molecule has 5 heterocycles. The molecule has 3 aliphatic rings. The molecule has 2 fully saturated rings. The van der Waals surface area contributed by atoms with E-state index in [4.69, 9.17) is 0 Å². The molecule has 2 bridgehead atoms. The van der Waals surface area contributed by atoms with Gasteiger partial charge < -0.3 is 4.57 Å². The van der Waals surface area contributed by atoms with Crippen LogP contribution in [-0.2, 0) is 19.6 Å². The first-order chi connectivity index (χ1) is 14.2. The van der Waals surface area contributed by atoms with Crippen LogP contribution in [0.2, 0.25) is 0 Å². The molecule has 0 saturated carbocycles. The van der Waals surface area contributed by atoms with Crippen LogP contribution in [0.25, 0.3) is 0 Å². The molecule has 5 rings (SSSR count). The Labute approximate surface area is 176 Å². The molecule has 0 amide bonds. The van der Waals surface area contributed by atoms with Crippen molar-refractivity contribution in [3.05, 3.63) is 51.7 Å². The number of nitrogens with one attached hydrogen (secondary N) is 1. The average molecular weight is 414 g/mol. The second kappa shape index (κ2) is 8.28. The number of hydrogen-bond donors (Lipinski definition) is 1. The highest BCUT2D eigenvalue weighted by Crippen LogP contribution is 2.37. The van der Waals surface area contributed by atoms with E-state index in [1.54, 1.807) is 6.20 Å². The lowest BCUT2D eigenvalue weighted by Crippen LogP contribution is -2.51. The molecule has 1 N–H and O–H groups in total. The van der Waals surface area contributed by atoms with Crippen molar-refractivity contribution in [1.82, 2.24) is 24.6 Å². The molecule has 7 heteroatoms. The Morgan fingerprint density at radius 1 is 1.17 bits per heavy atom. The minimum Gasteiger partial charge on any atom is -0.312 e. The van der Waals surface area contributed by atoms with E-state index in [-0.39, 0.29) is 5.56 Å². The molecule has 2 atom stereocenters. The monoisotopic (exact) mass is 413 g/mol.